The third-order valence-corrected chi connectivity index (χ3v) is 4.36. The Bertz CT molecular complexity index is 218. The predicted octanol–water partition coefficient (Wildman–Crippen LogP) is 4.69. The van der Waals surface area contributed by atoms with E-state index in [9.17, 15) is 0 Å². The molecule has 0 aliphatic carbocycles. The molecule has 0 saturated heterocycles. The summed E-state index contributed by atoms with van der Waals surface area (Å²) in [5.74, 6) is 0. The molecular weight excluding hydrogens is 244 g/mol. The molecule has 2 nitrogen and oxygen atoms in total. The van der Waals surface area contributed by atoms with Gasteiger partial charge in [0.15, 0.2) is 0 Å². The topological polar surface area (TPSA) is 15.3 Å². The summed E-state index contributed by atoms with van der Waals surface area (Å²) in [4.78, 5) is 2.39. The normalized spacial score (nSPS) is 15.6. The van der Waals surface area contributed by atoms with Gasteiger partial charge in [0.25, 0.3) is 0 Å². The van der Waals surface area contributed by atoms with Crippen LogP contribution in [0.3, 0.4) is 0 Å². The van der Waals surface area contributed by atoms with Crippen molar-refractivity contribution in [2.75, 3.05) is 20.6 Å². The average molecular weight is 285 g/mol. The molecule has 0 spiro atoms. The van der Waals surface area contributed by atoms with Gasteiger partial charge in [-0.1, -0.05) is 66.7 Å². The number of unbranched alkanes of at least 4 members (excludes halogenated alkanes) is 3. The first kappa shape index (κ1) is 19.9. The van der Waals surface area contributed by atoms with Crippen LogP contribution in [0.1, 0.15) is 79.6 Å². The van der Waals surface area contributed by atoms with Crippen molar-refractivity contribution in [3.63, 3.8) is 0 Å². The third-order valence-electron chi connectivity index (χ3n) is 4.36. The highest BCUT2D eigenvalue weighted by atomic mass is 15.1. The van der Waals surface area contributed by atoms with Gasteiger partial charge in [-0.3, -0.25) is 0 Å². The molecule has 2 unspecified atom stereocenters. The standard InChI is InChI=1S/C18H40N2/c1-8-10-12-13-16(20(6)7)15-19-17(14-11-9-2)18(3,4)5/h16-17,19H,8-15H2,1-7H3. The van der Waals surface area contributed by atoms with E-state index < -0.39 is 0 Å². The molecule has 2 atom stereocenters. The van der Waals surface area contributed by atoms with E-state index in [4.69, 9.17) is 0 Å². The number of hydrogen-bond acceptors (Lipinski definition) is 2. The quantitative estimate of drug-likeness (QED) is 0.554. The molecule has 0 bridgehead atoms. The zero-order chi connectivity index (χ0) is 15.6. The van der Waals surface area contributed by atoms with E-state index in [0.29, 0.717) is 17.5 Å². The Hall–Kier alpha value is -0.0800. The molecule has 122 valence electrons. The molecule has 0 amide bonds. The smallest absolute Gasteiger partial charge is 0.0214 e. The van der Waals surface area contributed by atoms with Crippen molar-refractivity contribution < 1.29 is 0 Å². The highest BCUT2D eigenvalue weighted by molar-refractivity contribution is 4.82. The fraction of sp³-hybridized carbons (Fsp3) is 1.00. The molecule has 1 N–H and O–H groups in total. The zero-order valence-corrected chi connectivity index (χ0v) is 15.3. The van der Waals surface area contributed by atoms with E-state index in [1.807, 2.05) is 0 Å². The molecule has 0 rings (SSSR count). The monoisotopic (exact) mass is 284 g/mol. The highest BCUT2D eigenvalue weighted by Gasteiger charge is 2.24. The van der Waals surface area contributed by atoms with Crippen LogP contribution in [0.5, 0.6) is 0 Å². The molecule has 0 aliphatic rings. The van der Waals surface area contributed by atoms with E-state index in [2.05, 4.69) is 58.9 Å². The zero-order valence-electron chi connectivity index (χ0n) is 15.3. The highest BCUT2D eigenvalue weighted by Crippen LogP contribution is 2.23. The number of hydrogen-bond donors (Lipinski definition) is 1. The van der Waals surface area contributed by atoms with Crippen LogP contribution >= 0.6 is 0 Å². The van der Waals surface area contributed by atoms with Gasteiger partial charge in [-0.2, -0.15) is 0 Å². The van der Waals surface area contributed by atoms with Crippen LogP contribution in [0.4, 0.5) is 0 Å². The van der Waals surface area contributed by atoms with Crippen molar-refractivity contribution in [3.8, 4) is 0 Å². The van der Waals surface area contributed by atoms with E-state index in [1.54, 1.807) is 0 Å². The lowest BCUT2D eigenvalue weighted by molar-refractivity contribution is 0.207. The molecule has 2 heteroatoms. The minimum absolute atomic E-state index is 0.357. The largest absolute Gasteiger partial charge is 0.312 e. The summed E-state index contributed by atoms with van der Waals surface area (Å²) in [5.41, 5.74) is 0.357. The average Bonchev–Trinajstić information content (AvgIpc) is 2.34. The van der Waals surface area contributed by atoms with Crippen LogP contribution in [-0.2, 0) is 0 Å². The van der Waals surface area contributed by atoms with E-state index in [1.165, 1.54) is 44.9 Å². The van der Waals surface area contributed by atoms with Crippen molar-refractivity contribution >= 4 is 0 Å². The second kappa shape index (κ2) is 10.6. The van der Waals surface area contributed by atoms with Crippen molar-refractivity contribution in [1.82, 2.24) is 10.2 Å². The molecule has 0 radical (unpaired) electrons. The Kier molecular flexibility index (Phi) is 10.6. The van der Waals surface area contributed by atoms with Crippen molar-refractivity contribution in [1.29, 1.82) is 0 Å². The molecule has 0 saturated carbocycles. The Balaban J connectivity index is 4.31. The second-order valence-electron chi connectivity index (χ2n) is 7.58. The second-order valence-corrected chi connectivity index (χ2v) is 7.58. The van der Waals surface area contributed by atoms with Crippen LogP contribution in [0.2, 0.25) is 0 Å². The van der Waals surface area contributed by atoms with Crippen molar-refractivity contribution in [3.05, 3.63) is 0 Å². The first-order valence-corrected chi connectivity index (χ1v) is 8.72. The van der Waals surface area contributed by atoms with Crippen molar-refractivity contribution in [2.45, 2.75) is 91.6 Å². The summed E-state index contributed by atoms with van der Waals surface area (Å²) < 4.78 is 0. The summed E-state index contributed by atoms with van der Waals surface area (Å²) in [7, 11) is 4.44. The Morgan fingerprint density at radius 3 is 1.95 bits per heavy atom. The summed E-state index contributed by atoms with van der Waals surface area (Å²) in [6.07, 6.45) is 9.28. The summed E-state index contributed by atoms with van der Waals surface area (Å²) in [6, 6.07) is 1.31. The molecule has 0 heterocycles. The minimum Gasteiger partial charge on any atom is -0.312 e. The molecule has 0 aromatic heterocycles. The van der Waals surface area contributed by atoms with Gasteiger partial charge in [-0.15, -0.1) is 0 Å². The van der Waals surface area contributed by atoms with Gasteiger partial charge < -0.3 is 10.2 Å². The summed E-state index contributed by atoms with van der Waals surface area (Å²) >= 11 is 0. The van der Waals surface area contributed by atoms with Gasteiger partial charge in [-0.05, 0) is 32.4 Å². The SMILES string of the molecule is CCCCCC(CNC(CCCC)C(C)(C)C)N(C)C. The molecule has 0 fully saturated rings. The molecule has 20 heavy (non-hydrogen) atoms. The molecular formula is C18H40N2. The summed E-state index contributed by atoms with van der Waals surface area (Å²) in [6.45, 7) is 12.8. The minimum atomic E-state index is 0.357. The van der Waals surface area contributed by atoms with Gasteiger partial charge in [-0.25, -0.2) is 0 Å². The van der Waals surface area contributed by atoms with Crippen LogP contribution in [0, 0.1) is 5.41 Å². The fourth-order valence-corrected chi connectivity index (χ4v) is 2.70. The van der Waals surface area contributed by atoms with Crippen LogP contribution in [0.25, 0.3) is 0 Å². The Morgan fingerprint density at radius 1 is 0.900 bits per heavy atom. The maximum Gasteiger partial charge on any atom is 0.0214 e. The van der Waals surface area contributed by atoms with Crippen molar-refractivity contribution in [2.24, 2.45) is 5.41 Å². The van der Waals surface area contributed by atoms with Gasteiger partial charge in [0.05, 0.1) is 0 Å². The third kappa shape index (κ3) is 8.97. The molecule has 0 aromatic carbocycles. The molecule has 0 aromatic rings. The van der Waals surface area contributed by atoms with Crippen LogP contribution < -0.4 is 5.32 Å². The van der Waals surface area contributed by atoms with E-state index in [-0.39, 0.29) is 0 Å². The maximum absolute atomic E-state index is 3.86. The van der Waals surface area contributed by atoms with Crippen LogP contribution in [-0.4, -0.2) is 37.6 Å². The van der Waals surface area contributed by atoms with Gasteiger partial charge in [0.2, 0.25) is 0 Å². The lowest BCUT2D eigenvalue weighted by Crippen LogP contribution is -2.46. The summed E-state index contributed by atoms with van der Waals surface area (Å²) in [5, 5.41) is 3.86. The molecule has 0 aliphatic heterocycles. The predicted molar refractivity (Wildman–Crippen MR) is 92.4 cm³/mol. The number of nitrogens with one attached hydrogen (secondary N) is 1. The lowest BCUT2D eigenvalue weighted by Gasteiger charge is -2.34. The Labute approximate surface area is 128 Å². The number of rotatable bonds is 11. The lowest BCUT2D eigenvalue weighted by atomic mass is 9.83. The van der Waals surface area contributed by atoms with Crippen LogP contribution in [0.15, 0.2) is 0 Å². The first-order valence-electron chi connectivity index (χ1n) is 8.72. The number of likely N-dealkylation sites (N-methyl/N-ethyl adjacent to an activating group) is 1. The van der Waals surface area contributed by atoms with Gasteiger partial charge in [0, 0.05) is 18.6 Å². The van der Waals surface area contributed by atoms with Gasteiger partial charge >= 0.3 is 0 Å². The number of nitrogens with zero attached hydrogens (tertiary/aromatic N) is 1. The fourth-order valence-electron chi connectivity index (χ4n) is 2.70. The van der Waals surface area contributed by atoms with E-state index >= 15 is 0 Å². The van der Waals surface area contributed by atoms with E-state index in [0.717, 1.165) is 6.54 Å². The first-order chi connectivity index (χ1) is 9.32. The van der Waals surface area contributed by atoms with Gasteiger partial charge in [0.1, 0.15) is 0 Å². The maximum atomic E-state index is 3.86. The Morgan fingerprint density at radius 2 is 1.50 bits per heavy atom.